The third-order valence-corrected chi connectivity index (χ3v) is 5.61. The van der Waals surface area contributed by atoms with Crippen molar-refractivity contribution < 1.29 is 13.7 Å². The predicted molar refractivity (Wildman–Crippen MR) is 109 cm³/mol. The van der Waals surface area contributed by atoms with Crippen molar-refractivity contribution in [3.63, 3.8) is 0 Å². The summed E-state index contributed by atoms with van der Waals surface area (Å²) < 4.78 is 19.0. The maximum Gasteiger partial charge on any atom is 0.322 e. The van der Waals surface area contributed by atoms with E-state index >= 15 is 0 Å². The van der Waals surface area contributed by atoms with Gasteiger partial charge in [0, 0.05) is 12.2 Å². The zero-order valence-corrected chi connectivity index (χ0v) is 17.2. The van der Waals surface area contributed by atoms with E-state index in [0.29, 0.717) is 23.8 Å². The van der Waals surface area contributed by atoms with Gasteiger partial charge in [-0.15, -0.1) is 11.3 Å². The van der Waals surface area contributed by atoms with Crippen LogP contribution in [0.4, 0.5) is 9.18 Å². The molecule has 0 radical (unpaired) electrons. The molecule has 8 heteroatoms. The third kappa shape index (κ3) is 3.80. The molecule has 0 saturated carbocycles. The first-order chi connectivity index (χ1) is 13.9. The molecule has 3 heterocycles. The van der Waals surface area contributed by atoms with Gasteiger partial charge in [-0.3, -0.25) is 4.90 Å². The standard InChI is InChI=1S/C21H21FN4O2S/c1-12(2)11-26-13(3)17(20-24-19(25-28-20)16-5-4-10-29-16)18(23-21(26)27)14-6-8-15(22)9-7-14/h4-10,12,18H,11H2,1-3H3,(H,23,27). The van der Waals surface area contributed by atoms with Gasteiger partial charge in [-0.05, 0) is 42.0 Å². The fraction of sp³-hybridized carbons (Fsp3) is 0.286. The highest BCUT2D eigenvalue weighted by atomic mass is 32.1. The topological polar surface area (TPSA) is 71.3 Å². The molecule has 4 rings (SSSR count). The smallest absolute Gasteiger partial charge is 0.322 e. The molecule has 29 heavy (non-hydrogen) atoms. The Morgan fingerprint density at radius 3 is 2.69 bits per heavy atom. The minimum absolute atomic E-state index is 0.202. The fourth-order valence-corrected chi connectivity index (χ4v) is 4.04. The summed E-state index contributed by atoms with van der Waals surface area (Å²) in [5.74, 6) is 0.787. The summed E-state index contributed by atoms with van der Waals surface area (Å²) in [6, 6.07) is 9.19. The average Bonchev–Trinajstić information content (AvgIpc) is 3.37. The van der Waals surface area contributed by atoms with Gasteiger partial charge < -0.3 is 9.84 Å². The van der Waals surface area contributed by atoms with Crippen LogP contribution in [0.25, 0.3) is 16.3 Å². The van der Waals surface area contributed by atoms with Crippen LogP contribution >= 0.6 is 11.3 Å². The largest absolute Gasteiger partial charge is 0.334 e. The van der Waals surface area contributed by atoms with Crippen LogP contribution in [0.1, 0.15) is 38.3 Å². The Labute approximate surface area is 172 Å². The first-order valence-electron chi connectivity index (χ1n) is 9.36. The van der Waals surface area contributed by atoms with E-state index in [1.54, 1.807) is 17.0 Å². The van der Waals surface area contributed by atoms with Crippen molar-refractivity contribution in [2.24, 2.45) is 5.92 Å². The number of carbonyl (C=O) groups is 1. The molecule has 3 aromatic rings. The van der Waals surface area contributed by atoms with Crippen LogP contribution in [0.2, 0.25) is 0 Å². The van der Waals surface area contributed by atoms with Crippen LogP contribution < -0.4 is 5.32 Å². The quantitative estimate of drug-likeness (QED) is 0.634. The molecule has 1 N–H and O–H groups in total. The van der Waals surface area contributed by atoms with E-state index in [0.717, 1.165) is 16.1 Å². The number of nitrogens with zero attached hydrogens (tertiary/aromatic N) is 3. The molecule has 1 unspecified atom stereocenters. The van der Waals surface area contributed by atoms with Gasteiger partial charge in [0.05, 0.1) is 16.5 Å². The number of halogens is 1. The monoisotopic (exact) mass is 412 g/mol. The molecule has 1 atom stereocenters. The van der Waals surface area contributed by atoms with Crippen molar-refractivity contribution in [1.82, 2.24) is 20.4 Å². The highest BCUT2D eigenvalue weighted by Crippen LogP contribution is 2.37. The number of aromatic nitrogens is 2. The molecule has 0 spiro atoms. The summed E-state index contributed by atoms with van der Waals surface area (Å²) in [4.78, 5) is 20.0. The zero-order valence-electron chi connectivity index (χ0n) is 16.3. The van der Waals surface area contributed by atoms with Gasteiger partial charge in [0.25, 0.3) is 5.89 Å². The van der Waals surface area contributed by atoms with Gasteiger partial charge in [-0.2, -0.15) is 4.98 Å². The van der Waals surface area contributed by atoms with Crippen molar-refractivity contribution in [1.29, 1.82) is 0 Å². The van der Waals surface area contributed by atoms with Crippen molar-refractivity contribution in [3.05, 3.63) is 64.7 Å². The molecule has 2 amide bonds. The van der Waals surface area contributed by atoms with Crippen LogP contribution in [0.15, 0.2) is 52.0 Å². The lowest BCUT2D eigenvalue weighted by molar-refractivity contribution is 0.199. The Morgan fingerprint density at radius 2 is 2.03 bits per heavy atom. The Bertz CT molecular complexity index is 1040. The lowest BCUT2D eigenvalue weighted by atomic mass is 9.94. The van der Waals surface area contributed by atoms with Gasteiger partial charge in [-0.25, -0.2) is 9.18 Å². The lowest BCUT2D eigenvalue weighted by Gasteiger charge is -2.36. The summed E-state index contributed by atoms with van der Waals surface area (Å²) in [5, 5.41) is 9.07. The van der Waals surface area contributed by atoms with Crippen LogP contribution in [0.3, 0.4) is 0 Å². The first kappa shape index (κ1) is 19.3. The molecular weight excluding hydrogens is 391 g/mol. The second kappa shape index (κ2) is 7.79. The number of rotatable bonds is 5. The minimum Gasteiger partial charge on any atom is -0.334 e. The molecule has 0 fully saturated rings. The van der Waals surface area contributed by atoms with Crippen LogP contribution in [0, 0.1) is 11.7 Å². The molecule has 2 aromatic heterocycles. The molecule has 150 valence electrons. The Kier molecular flexibility index (Phi) is 5.19. The van der Waals surface area contributed by atoms with Gasteiger partial charge in [0.2, 0.25) is 5.82 Å². The number of allylic oxidation sites excluding steroid dienone is 1. The van der Waals surface area contributed by atoms with Crippen LogP contribution in [-0.2, 0) is 0 Å². The number of thiophene rings is 1. The number of hydrogen-bond donors (Lipinski definition) is 1. The highest BCUT2D eigenvalue weighted by molar-refractivity contribution is 7.13. The number of amides is 2. The number of urea groups is 1. The summed E-state index contributed by atoms with van der Waals surface area (Å²) in [6.07, 6.45) is 0. The maximum atomic E-state index is 13.4. The zero-order chi connectivity index (χ0) is 20.5. The van der Waals surface area contributed by atoms with Crippen molar-refractivity contribution in [3.8, 4) is 10.7 Å². The molecule has 1 aromatic carbocycles. The number of benzene rings is 1. The number of hydrogen-bond acceptors (Lipinski definition) is 5. The van der Waals surface area contributed by atoms with Crippen LogP contribution in [-0.4, -0.2) is 27.6 Å². The molecular formula is C21H21FN4O2S. The van der Waals surface area contributed by atoms with Crippen molar-refractivity contribution in [2.45, 2.75) is 26.8 Å². The number of carbonyl (C=O) groups excluding carboxylic acids is 1. The minimum atomic E-state index is -0.511. The van der Waals surface area contributed by atoms with Crippen LogP contribution in [0.5, 0.6) is 0 Å². The van der Waals surface area contributed by atoms with E-state index < -0.39 is 6.04 Å². The van der Waals surface area contributed by atoms with E-state index in [1.165, 1.54) is 23.5 Å². The van der Waals surface area contributed by atoms with E-state index in [-0.39, 0.29) is 17.8 Å². The van der Waals surface area contributed by atoms with Gasteiger partial charge in [0.15, 0.2) is 0 Å². The molecule has 0 bridgehead atoms. The van der Waals surface area contributed by atoms with E-state index in [1.807, 2.05) is 38.3 Å². The van der Waals surface area contributed by atoms with Gasteiger partial charge in [0.1, 0.15) is 5.82 Å². The summed E-state index contributed by atoms with van der Waals surface area (Å²) in [6.45, 7) is 6.53. The predicted octanol–water partition coefficient (Wildman–Crippen LogP) is 5.09. The first-order valence-corrected chi connectivity index (χ1v) is 10.2. The summed E-state index contributed by atoms with van der Waals surface area (Å²) in [7, 11) is 0. The number of nitrogens with one attached hydrogen (secondary N) is 1. The Morgan fingerprint density at radius 1 is 1.28 bits per heavy atom. The van der Waals surface area contributed by atoms with Crippen molar-refractivity contribution in [2.75, 3.05) is 6.54 Å². The fourth-order valence-electron chi connectivity index (χ4n) is 3.39. The van der Waals surface area contributed by atoms with Gasteiger partial charge in [-0.1, -0.05) is 37.2 Å². The molecule has 1 aliphatic heterocycles. The van der Waals surface area contributed by atoms with E-state index in [2.05, 4.69) is 15.5 Å². The maximum absolute atomic E-state index is 13.4. The van der Waals surface area contributed by atoms with E-state index in [4.69, 9.17) is 4.52 Å². The summed E-state index contributed by atoms with van der Waals surface area (Å²) in [5.41, 5.74) is 2.21. The van der Waals surface area contributed by atoms with Gasteiger partial charge >= 0.3 is 6.03 Å². The molecule has 6 nitrogen and oxygen atoms in total. The molecule has 0 saturated heterocycles. The third-order valence-electron chi connectivity index (χ3n) is 4.75. The lowest BCUT2D eigenvalue weighted by Crippen LogP contribution is -2.47. The average molecular weight is 412 g/mol. The summed E-state index contributed by atoms with van der Waals surface area (Å²) >= 11 is 1.52. The van der Waals surface area contributed by atoms with Crippen molar-refractivity contribution >= 4 is 22.9 Å². The van der Waals surface area contributed by atoms with E-state index in [9.17, 15) is 9.18 Å². The highest BCUT2D eigenvalue weighted by Gasteiger charge is 2.35. The second-order valence-corrected chi connectivity index (χ2v) is 8.29. The Hall–Kier alpha value is -3.00. The normalized spacial score (nSPS) is 17.2. The second-order valence-electron chi connectivity index (χ2n) is 7.34. The molecule has 1 aliphatic rings. The molecule has 0 aliphatic carbocycles. The SMILES string of the molecule is CC1=C(c2nc(-c3cccs3)no2)C(c2ccc(F)cc2)NC(=O)N1CC(C)C. The Balaban J connectivity index is 1.82.